The van der Waals surface area contributed by atoms with Gasteiger partial charge in [0.15, 0.2) is 0 Å². The number of benzene rings is 1. The minimum absolute atomic E-state index is 0.362. The predicted octanol–water partition coefficient (Wildman–Crippen LogP) is 3.98. The molecule has 106 valence electrons. The molecular weight excluding hydrogens is 234 g/mol. The SMILES string of the molecule is CC(CCc1ccc(O)cc1)N1CCCCCCC1. The number of rotatable bonds is 4. The Kier molecular flexibility index (Phi) is 5.71. The molecular formula is C17H27NO. The van der Waals surface area contributed by atoms with Gasteiger partial charge in [-0.2, -0.15) is 0 Å². The van der Waals surface area contributed by atoms with Gasteiger partial charge in [-0.05, 0) is 63.4 Å². The molecule has 0 amide bonds. The number of hydrogen-bond acceptors (Lipinski definition) is 2. The first kappa shape index (κ1) is 14.4. The highest BCUT2D eigenvalue weighted by Crippen LogP contribution is 2.17. The fraction of sp³-hybridized carbons (Fsp3) is 0.647. The van der Waals surface area contributed by atoms with Gasteiger partial charge in [0.05, 0.1) is 0 Å². The molecule has 1 aliphatic heterocycles. The molecule has 1 saturated heterocycles. The molecule has 0 saturated carbocycles. The second kappa shape index (κ2) is 7.54. The summed E-state index contributed by atoms with van der Waals surface area (Å²) in [6.07, 6.45) is 9.29. The van der Waals surface area contributed by atoms with Gasteiger partial charge in [0.25, 0.3) is 0 Å². The molecule has 0 bridgehead atoms. The number of likely N-dealkylation sites (tertiary alicyclic amines) is 1. The third-order valence-electron chi connectivity index (χ3n) is 4.30. The van der Waals surface area contributed by atoms with Gasteiger partial charge in [0.1, 0.15) is 5.75 Å². The minimum Gasteiger partial charge on any atom is -0.508 e. The standard InChI is InChI=1S/C17H27NO/c1-15(18-13-5-3-2-4-6-14-18)7-8-16-9-11-17(19)12-10-16/h9-12,15,19H,2-8,13-14H2,1H3. The molecule has 1 aliphatic rings. The van der Waals surface area contributed by atoms with Crippen LogP contribution in [0.1, 0.15) is 51.0 Å². The number of phenols is 1. The molecule has 1 unspecified atom stereocenters. The van der Waals surface area contributed by atoms with E-state index in [4.69, 9.17) is 0 Å². The Bertz CT molecular complexity index is 352. The van der Waals surface area contributed by atoms with Gasteiger partial charge in [-0.15, -0.1) is 0 Å². The molecule has 2 rings (SSSR count). The molecule has 0 radical (unpaired) electrons. The summed E-state index contributed by atoms with van der Waals surface area (Å²) in [6.45, 7) is 4.91. The Morgan fingerprint density at radius 1 is 1.00 bits per heavy atom. The number of hydrogen-bond donors (Lipinski definition) is 1. The Labute approximate surface area is 117 Å². The summed E-state index contributed by atoms with van der Waals surface area (Å²) in [6, 6.07) is 8.32. The summed E-state index contributed by atoms with van der Waals surface area (Å²) in [4.78, 5) is 2.67. The molecule has 1 fully saturated rings. The van der Waals surface area contributed by atoms with Gasteiger partial charge in [-0.3, -0.25) is 0 Å². The average molecular weight is 261 g/mol. The summed E-state index contributed by atoms with van der Waals surface area (Å²) >= 11 is 0. The highest BCUT2D eigenvalue weighted by atomic mass is 16.3. The van der Waals surface area contributed by atoms with Crippen molar-refractivity contribution in [2.75, 3.05) is 13.1 Å². The minimum atomic E-state index is 0.362. The zero-order valence-electron chi connectivity index (χ0n) is 12.1. The van der Waals surface area contributed by atoms with Crippen LogP contribution in [-0.4, -0.2) is 29.1 Å². The van der Waals surface area contributed by atoms with Gasteiger partial charge in [-0.1, -0.05) is 31.4 Å². The van der Waals surface area contributed by atoms with Crippen molar-refractivity contribution in [2.45, 2.75) is 57.9 Å². The van der Waals surface area contributed by atoms with Crippen molar-refractivity contribution in [2.24, 2.45) is 0 Å². The van der Waals surface area contributed by atoms with E-state index in [9.17, 15) is 5.11 Å². The zero-order chi connectivity index (χ0) is 13.5. The molecule has 2 heteroatoms. The van der Waals surface area contributed by atoms with Crippen LogP contribution in [0.25, 0.3) is 0 Å². The van der Waals surface area contributed by atoms with Crippen LogP contribution in [0, 0.1) is 0 Å². The Balaban J connectivity index is 1.78. The van der Waals surface area contributed by atoms with Gasteiger partial charge in [-0.25, -0.2) is 0 Å². The predicted molar refractivity (Wildman–Crippen MR) is 80.5 cm³/mol. The summed E-state index contributed by atoms with van der Waals surface area (Å²) < 4.78 is 0. The molecule has 1 N–H and O–H groups in total. The van der Waals surface area contributed by atoms with Crippen LogP contribution in [0.4, 0.5) is 0 Å². The maximum absolute atomic E-state index is 9.29. The smallest absolute Gasteiger partial charge is 0.115 e. The second-order valence-corrected chi connectivity index (χ2v) is 5.86. The fourth-order valence-electron chi connectivity index (χ4n) is 2.93. The normalized spacial score (nSPS) is 19.6. The van der Waals surface area contributed by atoms with Gasteiger partial charge >= 0.3 is 0 Å². The molecule has 1 aromatic carbocycles. The largest absolute Gasteiger partial charge is 0.508 e. The number of aromatic hydroxyl groups is 1. The topological polar surface area (TPSA) is 23.5 Å². The van der Waals surface area contributed by atoms with Crippen LogP contribution in [0.15, 0.2) is 24.3 Å². The van der Waals surface area contributed by atoms with Crippen LogP contribution in [0.2, 0.25) is 0 Å². The van der Waals surface area contributed by atoms with E-state index in [0.717, 1.165) is 6.42 Å². The highest BCUT2D eigenvalue weighted by Gasteiger charge is 2.14. The molecule has 0 spiro atoms. The van der Waals surface area contributed by atoms with Crippen LogP contribution < -0.4 is 0 Å². The van der Waals surface area contributed by atoms with E-state index < -0.39 is 0 Å². The summed E-state index contributed by atoms with van der Waals surface area (Å²) in [5.74, 6) is 0.362. The lowest BCUT2D eigenvalue weighted by Gasteiger charge is -2.30. The molecule has 1 heterocycles. The molecule has 1 atom stereocenters. The van der Waals surface area contributed by atoms with Crippen LogP contribution >= 0.6 is 0 Å². The van der Waals surface area contributed by atoms with Gasteiger partial charge < -0.3 is 10.0 Å². The number of aryl methyl sites for hydroxylation is 1. The number of nitrogens with zero attached hydrogens (tertiary/aromatic N) is 1. The maximum Gasteiger partial charge on any atom is 0.115 e. The highest BCUT2D eigenvalue weighted by molar-refractivity contribution is 5.25. The first-order chi connectivity index (χ1) is 9.25. The van der Waals surface area contributed by atoms with E-state index in [1.54, 1.807) is 12.1 Å². The van der Waals surface area contributed by atoms with Crippen LogP contribution in [-0.2, 0) is 6.42 Å². The molecule has 2 nitrogen and oxygen atoms in total. The second-order valence-electron chi connectivity index (χ2n) is 5.86. The van der Waals surface area contributed by atoms with E-state index in [-0.39, 0.29) is 0 Å². The fourth-order valence-corrected chi connectivity index (χ4v) is 2.93. The Hall–Kier alpha value is -1.02. The first-order valence-corrected chi connectivity index (χ1v) is 7.77. The third-order valence-corrected chi connectivity index (χ3v) is 4.30. The van der Waals surface area contributed by atoms with Crippen LogP contribution in [0.3, 0.4) is 0 Å². The van der Waals surface area contributed by atoms with E-state index in [1.165, 1.54) is 57.2 Å². The van der Waals surface area contributed by atoms with Gasteiger partial charge in [0.2, 0.25) is 0 Å². The summed E-state index contributed by atoms with van der Waals surface area (Å²) in [5, 5.41) is 9.29. The van der Waals surface area contributed by atoms with E-state index in [1.807, 2.05) is 12.1 Å². The van der Waals surface area contributed by atoms with Crippen molar-refractivity contribution in [3.63, 3.8) is 0 Å². The first-order valence-electron chi connectivity index (χ1n) is 7.77. The van der Waals surface area contributed by atoms with Crippen molar-refractivity contribution in [1.29, 1.82) is 0 Å². The lowest BCUT2D eigenvalue weighted by molar-refractivity contribution is 0.182. The van der Waals surface area contributed by atoms with E-state index >= 15 is 0 Å². The third kappa shape index (κ3) is 4.87. The average Bonchev–Trinajstić information content (AvgIpc) is 2.37. The Morgan fingerprint density at radius 3 is 2.21 bits per heavy atom. The number of phenolic OH excluding ortho intramolecular Hbond substituents is 1. The van der Waals surface area contributed by atoms with Crippen molar-refractivity contribution < 1.29 is 5.11 Å². The Morgan fingerprint density at radius 2 is 1.58 bits per heavy atom. The lowest BCUT2D eigenvalue weighted by Crippen LogP contribution is -2.35. The molecule has 0 aromatic heterocycles. The van der Waals surface area contributed by atoms with Crippen molar-refractivity contribution in [3.05, 3.63) is 29.8 Å². The summed E-state index contributed by atoms with van der Waals surface area (Å²) in [5.41, 5.74) is 1.33. The summed E-state index contributed by atoms with van der Waals surface area (Å²) in [7, 11) is 0. The van der Waals surface area contributed by atoms with Gasteiger partial charge in [0, 0.05) is 6.04 Å². The maximum atomic E-state index is 9.29. The molecule has 19 heavy (non-hydrogen) atoms. The van der Waals surface area contributed by atoms with E-state index in [0.29, 0.717) is 11.8 Å². The zero-order valence-corrected chi connectivity index (χ0v) is 12.1. The van der Waals surface area contributed by atoms with Crippen molar-refractivity contribution in [3.8, 4) is 5.75 Å². The molecule has 0 aliphatic carbocycles. The van der Waals surface area contributed by atoms with Crippen LogP contribution in [0.5, 0.6) is 5.75 Å². The lowest BCUT2D eigenvalue weighted by atomic mass is 10.0. The monoisotopic (exact) mass is 261 g/mol. The quantitative estimate of drug-likeness (QED) is 0.886. The van der Waals surface area contributed by atoms with Crippen molar-refractivity contribution >= 4 is 0 Å². The van der Waals surface area contributed by atoms with Crippen molar-refractivity contribution in [1.82, 2.24) is 4.90 Å². The molecule has 1 aromatic rings. The van der Waals surface area contributed by atoms with E-state index in [2.05, 4.69) is 11.8 Å².